The summed E-state index contributed by atoms with van der Waals surface area (Å²) in [6.45, 7) is 1.97. The second-order valence-electron chi connectivity index (χ2n) is 6.02. The number of methoxy groups -OCH3 is 1. The second kappa shape index (κ2) is 7.25. The van der Waals surface area contributed by atoms with E-state index in [0.29, 0.717) is 22.1 Å². The molecule has 0 radical (unpaired) electrons. The molecule has 1 aliphatic rings. The quantitative estimate of drug-likeness (QED) is 0.788. The highest BCUT2D eigenvalue weighted by atomic mass is 35.5. The molecule has 1 aliphatic heterocycles. The van der Waals surface area contributed by atoms with Crippen LogP contribution in [0.5, 0.6) is 11.5 Å². The zero-order chi connectivity index (χ0) is 18.7. The number of hydrogen-bond donors (Lipinski definition) is 1. The maximum absolute atomic E-state index is 12.8. The lowest BCUT2D eigenvalue weighted by atomic mass is 9.92. The van der Waals surface area contributed by atoms with Crippen molar-refractivity contribution in [2.75, 3.05) is 20.3 Å². The highest BCUT2D eigenvalue weighted by molar-refractivity contribution is 6.32. The van der Waals surface area contributed by atoms with Crippen LogP contribution in [0.2, 0.25) is 5.02 Å². The van der Waals surface area contributed by atoms with Crippen molar-refractivity contribution >= 4 is 23.5 Å². The highest BCUT2D eigenvalue weighted by Crippen LogP contribution is 2.30. The molecule has 6 nitrogen and oxygen atoms in total. The van der Waals surface area contributed by atoms with Crippen LogP contribution in [0.1, 0.15) is 12.5 Å². The number of para-hydroxylation sites is 1. The average molecular weight is 375 g/mol. The molecular weight excluding hydrogens is 356 g/mol. The van der Waals surface area contributed by atoms with E-state index in [1.165, 1.54) is 0 Å². The normalized spacial score (nSPS) is 19.4. The SMILES string of the molecule is COc1ccc([C@@]2(C)NC(=O)N(CCOc3ccccc3Cl)C2=O)cc1. The first kappa shape index (κ1) is 18.1. The molecule has 1 fully saturated rings. The van der Waals surface area contributed by atoms with Gasteiger partial charge < -0.3 is 14.8 Å². The summed E-state index contributed by atoms with van der Waals surface area (Å²) in [5.74, 6) is 0.869. The maximum atomic E-state index is 12.8. The van der Waals surface area contributed by atoms with E-state index in [4.69, 9.17) is 21.1 Å². The number of rotatable bonds is 6. The van der Waals surface area contributed by atoms with E-state index in [2.05, 4.69) is 5.32 Å². The number of halogens is 1. The molecule has 0 spiro atoms. The number of carbonyl (C=O) groups excluding carboxylic acids is 2. The molecule has 136 valence electrons. The van der Waals surface area contributed by atoms with Gasteiger partial charge in [-0.3, -0.25) is 9.69 Å². The minimum atomic E-state index is -1.12. The molecule has 0 unspecified atom stereocenters. The van der Waals surface area contributed by atoms with Crippen LogP contribution in [0, 0.1) is 0 Å². The van der Waals surface area contributed by atoms with E-state index < -0.39 is 11.6 Å². The minimum absolute atomic E-state index is 0.127. The van der Waals surface area contributed by atoms with Gasteiger partial charge in [-0.25, -0.2) is 4.79 Å². The summed E-state index contributed by atoms with van der Waals surface area (Å²) < 4.78 is 10.7. The van der Waals surface area contributed by atoms with Crippen molar-refractivity contribution < 1.29 is 19.1 Å². The molecular formula is C19H19ClN2O4. The molecule has 3 amide bonds. The lowest BCUT2D eigenvalue weighted by Gasteiger charge is -2.22. The highest BCUT2D eigenvalue weighted by Gasteiger charge is 2.48. The summed E-state index contributed by atoms with van der Waals surface area (Å²) in [5, 5.41) is 3.24. The Hall–Kier alpha value is -2.73. The lowest BCUT2D eigenvalue weighted by Crippen LogP contribution is -2.41. The van der Waals surface area contributed by atoms with Gasteiger partial charge in [0.2, 0.25) is 0 Å². The van der Waals surface area contributed by atoms with Crippen LogP contribution in [0.4, 0.5) is 4.79 Å². The third kappa shape index (κ3) is 3.32. The number of nitrogens with zero attached hydrogens (tertiary/aromatic N) is 1. The fraction of sp³-hybridized carbons (Fsp3) is 0.263. The van der Waals surface area contributed by atoms with E-state index >= 15 is 0 Å². The van der Waals surface area contributed by atoms with E-state index in [-0.39, 0.29) is 19.1 Å². The van der Waals surface area contributed by atoms with Crippen molar-refractivity contribution in [1.82, 2.24) is 10.2 Å². The summed E-state index contributed by atoms with van der Waals surface area (Å²) >= 11 is 6.03. The van der Waals surface area contributed by atoms with E-state index in [0.717, 1.165) is 4.90 Å². The Labute approximate surface area is 156 Å². The molecule has 0 saturated carbocycles. The standard InChI is InChI=1S/C19H19ClN2O4/c1-19(13-7-9-14(25-2)10-8-13)17(23)22(18(24)21-19)11-12-26-16-6-4-3-5-15(16)20/h3-10H,11-12H2,1-2H3,(H,21,24)/t19-/m1/s1. The van der Waals surface area contributed by atoms with Crippen LogP contribution in [0.15, 0.2) is 48.5 Å². The topological polar surface area (TPSA) is 67.9 Å². The van der Waals surface area contributed by atoms with Crippen LogP contribution >= 0.6 is 11.6 Å². The minimum Gasteiger partial charge on any atom is -0.497 e. The number of urea groups is 1. The fourth-order valence-corrected chi connectivity index (χ4v) is 3.02. The van der Waals surface area contributed by atoms with Gasteiger partial charge in [-0.05, 0) is 36.8 Å². The van der Waals surface area contributed by atoms with Gasteiger partial charge >= 0.3 is 6.03 Å². The summed E-state index contributed by atoms with van der Waals surface area (Å²) in [4.78, 5) is 26.3. The number of nitrogens with one attached hydrogen (secondary N) is 1. The summed E-state index contributed by atoms with van der Waals surface area (Å²) in [7, 11) is 1.57. The van der Waals surface area contributed by atoms with Crippen molar-refractivity contribution in [3.63, 3.8) is 0 Å². The molecule has 1 saturated heterocycles. The second-order valence-corrected chi connectivity index (χ2v) is 6.43. The predicted molar refractivity (Wildman–Crippen MR) is 97.5 cm³/mol. The Bertz CT molecular complexity index is 825. The molecule has 0 aromatic heterocycles. The van der Waals surface area contributed by atoms with Crippen LogP contribution in [-0.2, 0) is 10.3 Å². The molecule has 1 atom stereocenters. The van der Waals surface area contributed by atoms with E-state index in [1.54, 1.807) is 62.6 Å². The smallest absolute Gasteiger partial charge is 0.325 e. The van der Waals surface area contributed by atoms with Crippen LogP contribution < -0.4 is 14.8 Å². The van der Waals surface area contributed by atoms with Gasteiger partial charge in [-0.2, -0.15) is 0 Å². The van der Waals surface area contributed by atoms with Gasteiger partial charge in [0, 0.05) is 0 Å². The number of imide groups is 1. The Balaban J connectivity index is 1.69. The van der Waals surface area contributed by atoms with E-state index in [9.17, 15) is 9.59 Å². The van der Waals surface area contributed by atoms with Gasteiger partial charge in [0.05, 0.1) is 18.7 Å². The maximum Gasteiger partial charge on any atom is 0.325 e. The van der Waals surface area contributed by atoms with Gasteiger partial charge in [-0.15, -0.1) is 0 Å². The monoisotopic (exact) mass is 374 g/mol. The van der Waals surface area contributed by atoms with Crippen LogP contribution in [0.3, 0.4) is 0 Å². The molecule has 1 heterocycles. The molecule has 3 rings (SSSR count). The number of ether oxygens (including phenoxy) is 2. The Morgan fingerprint density at radius 3 is 2.46 bits per heavy atom. The Kier molecular flexibility index (Phi) is 5.04. The summed E-state index contributed by atoms with van der Waals surface area (Å²) in [6, 6.07) is 13.6. The number of amides is 3. The lowest BCUT2D eigenvalue weighted by molar-refractivity contribution is -0.131. The van der Waals surface area contributed by atoms with Crippen LogP contribution in [0.25, 0.3) is 0 Å². The van der Waals surface area contributed by atoms with Crippen molar-refractivity contribution in [1.29, 1.82) is 0 Å². The van der Waals surface area contributed by atoms with Crippen molar-refractivity contribution in [2.45, 2.75) is 12.5 Å². The number of benzene rings is 2. The molecule has 1 N–H and O–H groups in total. The van der Waals surface area contributed by atoms with Gasteiger partial charge in [-0.1, -0.05) is 35.9 Å². The molecule has 7 heteroatoms. The van der Waals surface area contributed by atoms with Crippen molar-refractivity contribution in [2.24, 2.45) is 0 Å². The third-order valence-electron chi connectivity index (χ3n) is 4.35. The van der Waals surface area contributed by atoms with E-state index in [1.807, 2.05) is 0 Å². The predicted octanol–water partition coefficient (Wildman–Crippen LogP) is 3.19. The first-order chi connectivity index (χ1) is 12.5. The van der Waals surface area contributed by atoms with Crippen molar-refractivity contribution in [3.8, 4) is 11.5 Å². The molecule has 0 aliphatic carbocycles. The number of hydrogen-bond acceptors (Lipinski definition) is 4. The first-order valence-electron chi connectivity index (χ1n) is 8.11. The van der Waals surface area contributed by atoms with Gasteiger partial charge in [0.15, 0.2) is 0 Å². The first-order valence-corrected chi connectivity index (χ1v) is 8.49. The molecule has 2 aromatic rings. The molecule has 0 bridgehead atoms. The molecule has 26 heavy (non-hydrogen) atoms. The van der Waals surface area contributed by atoms with Crippen molar-refractivity contribution in [3.05, 3.63) is 59.1 Å². The largest absolute Gasteiger partial charge is 0.497 e. The number of carbonyl (C=O) groups is 2. The summed E-state index contributed by atoms with van der Waals surface area (Å²) in [5.41, 5.74) is -0.431. The molecule has 2 aromatic carbocycles. The van der Waals surface area contributed by atoms with Gasteiger partial charge in [0.1, 0.15) is 23.6 Å². The summed E-state index contributed by atoms with van der Waals surface area (Å²) in [6.07, 6.45) is 0. The van der Waals surface area contributed by atoms with Crippen LogP contribution in [-0.4, -0.2) is 37.1 Å². The average Bonchev–Trinajstić information content (AvgIpc) is 2.87. The zero-order valence-corrected chi connectivity index (χ0v) is 15.2. The Morgan fingerprint density at radius 1 is 1.12 bits per heavy atom. The third-order valence-corrected chi connectivity index (χ3v) is 4.66. The fourth-order valence-electron chi connectivity index (χ4n) is 2.83. The Morgan fingerprint density at radius 2 is 1.81 bits per heavy atom. The zero-order valence-electron chi connectivity index (χ0n) is 14.5. The van der Waals surface area contributed by atoms with Gasteiger partial charge in [0.25, 0.3) is 5.91 Å².